The summed E-state index contributed by atoms with van der Waals surface area (Å²) in [5, 5.41) is 10.5. The van der Waals surface area contributed by atoms with Crippen LogP contribution in [0.4, 0.5) is 13.6 Å². The Hall–Kier alpha value is -4.95. The summed E-state index contributed by atoms with van der Waals surface area (Å²) in [5.74, 6) is -0.00249. The Kier molecular flexibility index (Phi) is 14.8. The van der Waals surface area contributed by atoms with Crippen LogP contribution in [-0.2, 0) is 48.8 Å². The fourth-order valence-electron chi connectivity index (χ4n) is 7.86. The van der Waals surface area contributed by atoms with E-state index in [1.807, 2.05) is 54.4 Å². The van der Waals surface area contributed by atoms with Crippen LogP contribution in [0.1, 0.15) is 27.7 Å². The van der Waals surface area contributed by atoms with Crippen molar-refractivity contribution >= 4 is 54.3 Å². The van der Waals surface area contributed by atoms with Crippen LogP contribution in [0.25, 0.3) is 44.6 Å². The number of halogens is 2. The van der Waals surface area contributed by atoms with Crippen molar-refractivity contribution in [3.8, 4) is 22.5 Å². The second-order valence-electron chi connectivity index (χ2n) is 21.3. The third-order valence-corrected chi connectivity index (χ3v) is 17.3. The van der Waals surface area contributed by atoms with E-state index in [1.165, 1.54) is 26.5 Å². The second kappa shape index (κ2) is 19.8. The molecule has 0 atom stereocenters. The van der Waals surface area contributed by atoms with Gasteiger partial charge in [-0.05, 0) is 51.9 Å². The van der Waals surface area contributed by atoms with E-state index in [2.05, 4.69) is 69.4 Å². The Labute approximate surface area is 399 Å². The zero-order valence-electron chi connectivity index (χ0n) is 40.9. The minimum absolute atomic E-state index is 0.00249. The number of carbonyl (C=O) groups is 1. The first-order chi connectivity index (χ1) is 32.0. The number of amides is 1. The summed E-state index contributed by atoms with van der Waals surface area (Å²) in [7, 11) is -5.64. The van der Waals surface area contributed by atoms with Gasteiger partial charge >= 0.3 is 6.09 Å². The molecular formula is C45H66F2N12O6SSi2. The van der Waals surface area contributed by atoms with Gasteiger partial charge in [-0.25, -0.2) is 41.9 Å². The molecule has 18 nitrogen and oxygen atoms in total. The lowest BCUT2D eigenvalue weighted by Gasteiger charge is -2.48. The standard InChI is InChI=1S/C24H35FN6O3Si.C21H31FN6O3SSi/c1-23(2,3)34-22(32)30-14-24(13-25,15-30)31-12-18(11-28-31)20-19-7-8-29(21(19)27-16-26-20)17-33-9-10-35(4,5)6;1-5-32(29,30)27-13-21(12-22,14-27)28-11-17(10-25-28)19-18-6-7-26(20(18)24-15-23-19)16-31-8-9-33(2,3)4/h7-8,11-12,16H,9-10,13-15,17H2,1-6H3;6-7,10-11,15H,5,8-9,12-14,16H2,1-4H3. The van der Waals surface area contributed by atoms with Crippen molar-refractivity contribution in [3.05, 3.63) is 62.0 Å². The highest BCUT2D eigenvalue weighted by molar-refractivity contribution is 7.89. The molecule has 370 valence electrons. The molecule has 6 aromatic rings. The lowest BCUT2D eigenvalue weighted by atomic mass is 9.92. The van der Waals surface area contributed by atoms with Gasteiger partial charge in [0.25, 0.3) is 0 Å². The Morgan fingerprint density at radius 3 is 1.56 bits per heavy atom. The molecule has 1 amide bonds. The summed E-state index contributed by atoms with van der Waals surface area (Å²) in [6.07, 6.45) is 13.3. The predicted octanol–water partition coefficient (Wildman–Crippen LogP) is 7.46. The number of hydrogen-bond donors (Lipinski definition) is 0. The molecule has 2 aliphatic rings. The number of sulfonamides is 1. The highest BCUT2D eigenvalue weighted by atomic mass is 32.2. The van der Waals surface area contributed by atoms with Crippen LogP contribution in [-0.4, -0.2) is 153 Å². The first-order valence-electron chi connectivity index (χ1n) is 22.9. The number of hydrogen-bond acceptors (Lipinski definition) is 12. The molecule has 2 saturated heterocycles. The highest BCUT2D eigenvalue weighted by Crippen LogP contribution is 2.36. The smallest absolute Gasteiger partial charge is 0.410 e. The third-order valence-electron chi connectivity index (χ3n) is 12.1. The molecular weight excluding hydrogens is 931 g/mol. The van der Waals surface area contributed by atoms with E-state index in [4.69, 9.17) is 14.2 Å². The molecule has 0 aliphatic carbocycles. The first kappa shape index (κ1) is 50.9. The Balaban J connectivity index is 0.000000202. The molecule has 2 aliphatic heterocycles. The molecule has 2 fully saturated rings. The maximum atomic E-state index is 14.2. The van der Waals surface area contributed by atoms with Crippen LogP contribution in [0.15, 0.2) is 62.0 Å². The minimum Gasteiger partial charge on any atom is -0.444 e. The van der Waals surface area contributed by atoms with Crippen LogP contribution in [0.3, 0.4) is 0 Å². The molecule has 23 heteroatoms. The van der Waals surface area contributed by atoms with E-state index in [9.17, 15) is 22.0 Å². The van der Waals surface area contributed by atoms with Gasteiger partial charge in [0, 0.05) is 89.1 Å². The Bertz CT molecular complexity index is 2800. The maximum Gasteiger partial charge on any atom is 0.410 e. The predicted molar refractivity (Wildman–Crippen MR) is 262 cm³/mol. The molecule has 0 saturated carbocycles. The molecule has 0 unspecified atom stereocenters. The number of carbonyl (C=O) groups excluding carboxylic acids is 1. The Morgan fingerprint density at radius 2 is 1.16 bits per heavy atom. The molecule has 6 aromatic heterocycles. The summed E-state index contributed by atoms with van der Waals surface area (Å²) >= 11 is 0. The van der Waals surface area contributed by atoms with Gasteiger partial charge < -0.3 is 28.2 Å². The van der Waals surface area contributed by atoms with Crippen LogP contribution < -0.4 is 0 Å². The van der Waals surface area contributed by atoms with E-state index in [0.717, 1.165) is 64.2 Å². The van der Waals surface area contributed by atoms with Crippen molar-refractivity contribution in [1.29, 1.82) is 0 Å². The van der Waals surface area contributed by atoms with Gasteiger partial charge in [0.15, 0.2) is 0 Å². The molecule has 8 heterocycles. The van der Waals surface area contributed by atoms with E-state index in [0.29, 0.717) is 19.2 Å². The fourth-order valence-corrected chi connectivity index (χ4v) is 10.6. The van der Waals surface area contributed by atoms with Crippen LogP contribution in [0, 0.1) is 0 Å². The summed E-state index contributed by atoms with van der Waals surface area (Å²) in [6, 6.07) is 6.10. The summed E-state index contributed by atoms with van der Waals surface area (Å²) in [5.41, 5.74) is 1.94. The molecule has 68 heavy (non-hydrogen) atoms. The van der Waals surface area contributed by atoms with Gasteiger partial charge in [0.1, 0.15) is 67.4 Å². The SMILES string of the molecule is CC(C)(C)OC(=O)N1CC(CF)(n2cc(-c3ncnc4c3ccn4COCC[Si](C)(C)C)cn2)C1.CCS(=O)(=O)N1CC(CF)(n2cc(-c3ncnc4c3ccn4COCC[Si](C)(C)C)cn2)C1. The normalized spacial score (nSPS) is 16.4. The minimum atomic E-state index is -3.35. The molecule has 0 N–H and O–H groups in total. The fraction of sp³-hybridized carbons (Fsp3) is 0.578. The lowest BCUT2D eigenvalue weighted by Crippen LogP contribution is -2.66. The summed E-state index contributed by atoms with van der Waals surface area (Å²) in [6.45, 7) is 22.4. The van der Waals surface area contributed by atoms with Gasteiger partial charge in [0.05, 0.1) is 42.6 Å². The largest absolute Gasteiger partial charge is 0.444 e. The summed E-state index contributed by atoms with van der Waals surface area (Å²) in [4.78, 5) is 31.6. The van der Waals surface area contributed by atoms with E-state index < -0.39 is 62.3 Å². The third kappa shape index (κ3) is 11.4. The topological polar surface area (TPSA) is 182 Å². The van der Waals surface area contributed by atoms with E-state index in [1.54, 1.807) is 36.4 Å². The molecule has 0 spiro atoms. The summed E-state index contributed by atoms with van der Waals surface area (Å²) < 4.78 is 77.8. The van der Waals surface area contributed by atoms with E-state index >= 15 is 0 Å². The van der Waals surface area contributed by atoms with Crippen molar-refractivity contribution < 1.29 is 36.2 Å². The van der Waals surface area contributed by atoms with Crippen molar-refractivity contribution in [3.63, 3.8) is 0 Å². The number of likely N-dealkylation sites (tertiary alicyclic amines) is 1. The van der Waals surface area contributed by atoms with Gasteiger partial charge in [-0.15, -0.1) is 0 Å². The highest BCUT2D eigenvalue weighted by Gasteiger charge is 2.51. The molecule has 0 aromatic carbocycles. The molecule has 0 bridgehead atoms. The number of nitrogens with zero attached hydrogens (tertiary/aromatic N) is 12. The van der Waals surface area contributed by atoms with Crippen molar-refractivity contribution in [2.45, 2.75) is 109 Å². The van der Waals surface area contributed by atoms with Crippen molar-refractivity contribution in [2.24, 2.45) is 0 Å². The quantitative estimate of drug-likeness (QED) is 0.0613. The van der Waals surface area contributed by atoms with Crippen molar-refractivity contribution in [1.82, 2.24) is 57.8 Å². The number of aromatic nitrogens is 10. The molecule has 0 radical (unpaired) electrons. The van der Waals surface area contributed by atoms with Crippen LogP contribution in [0.2, 0.25) is 51.4 Å². The van der Waals surface area contributed by atoms with Crippen LogP contribution >= 0.6 is 0 Å². The van der Waals surface area contributed by atoms with Gasteiger partial charge in [-0.2, -0.15) is 14.5 Å². The number of rotatable bonds is 18. The maximum absolute atomic E-state index is 14.2. The average molecular weight is 997 g/mol. The zero-order chi connectivity index (χ0) is 49.3. The van der Waals surface area contributed by atoms with Crippen LogP contribution in [0.5, 0.6) is 0 Å². The van der Waals surface area contributed by atoms with Gasteiger partial charge in [0.2, 0.25) is 10.0 Å². The number of fused-ring (bicyclic) bond motifs is 2. The van der Waals surface area contributed by atoms with Gasteiger partial charge in [-0.3, -0.25) is 9.36 Å². The number of ether oxygens (including phenoxy) is 3. The lowest BCUT2D eigenvalue weighted by molar-refractivity contribution is -0.0410. The van der Waals surface area contributed by atoms with Gasteiger partial charge in [-0.1, -0.05) is 39.3 Å². The van der Waals surface area contributed by atoms with Crippen molar-refractivity contribution in [2.75, 3.05) is 58.5 Å². The molecule has 8 rings (SSSR count). The Morgan fingerprint density at radius 1 is 0.721 bits per heavy atom. The number of alkyl halides is 2. The average Bonchev–Trinajstić information content (AvgIpc) is 4.07. The second-order valence-corrected chi connectivity index (χ2v) is 34.8. The zero-order valence-corrected chi connectivity index (χ0v) is 43.8. The monoisotopic (exact) mass is 996 g/mol. The first-order valence-corrected chi connectivity index (χ1v) is 32.0. The van der Waals surface area contributed by atoms with E-state index in [-0.39, 0.29) is 31.9 Å².